The molecule has 32 heavy (non-hydrogen) atoms. The van der Waals surface area contributed by atoms with Gasteiger partial charge in [0.1, 0.15) is 5.75 Å². The van der Waals surface area contributed by atoms with Gasteiger partial charge in [0.2, 0.25) is 15.9 Å². The molecule has 0 aliphatic carbocycles. The molecule has 7 nitrogen and oxygen atoms in total. The Morgan fingerprint density at radius 3 is 2.41 bits per heavy atom. The first-order valence-electron chi connectivity index (χ1n) is 10.9. The van der Waals surface area contributed by atoms with Crippen molar-refractivity contribution in [2.45, 2.75) is 26.7 Å². The fraction of sp³-hybridized carbons (Fsp3) is 0.458. The summed E-state index contributed by atoms with van der Waals surface area (Å²) in [4.78, 5) is 16.9. The van der Waals surface area contributed by atoms with Crippen molar-refractivity contribution in [3.8, 4) is 5.75 Å². The third-order valence-electron chi connectivity index (χ3n) is 5.84. The predicted octanol–water partition coefficient (Wildman–Crippen LogP) is 3.21. The molecule has 0 spiro atoms. The van der Waals surface area contributed by atoms with Gasteiger partial charge in [-0.05, 0) is 49.6 Å². The quantitative estimate of drug-likeness (QED) is 0.606. The second kappa shape index (κ2) is 10.3. The molecule has 2 aromatic carbocycles. The highest BCUT2D eigenvalue weighted by Gasteiger charge is 2.24. The number of sulfonamides is 1. The number of ether oxygens (including phenoxy) is 1. The van der Waals surface area contributed by atoms with Gasteiger partial charge >= 0.3 is 0 Å². The molecule has 1 amide bonds. The van der Waals surface area contributed by atoms with Crippen LogP contribution in [0.15, 0.2) is 42.5 Å². The van der Waals surface area contributed by atoms with E-state index in [9.17, 15) is 13.2 Å². The molecule has 0 unspecified atom stereocenters. The third-order valence-corrected chi connectivity index (χ3v) is 7.02. The Labute approximate surface area is 191 Å². The molecule has 8 heteroatoms. The summed E-state index contributed by atoms with van der Waals surface area (Å²) in [7, 11) is -1.77. The van der Waals surface area contributed by atoms with E-state index in [1.54, 1.807) is 7.11 Å². The number of hydrogen-bond donors (Lipinski definition) is 0. The molecule has 1 heterocycles. The zero-order valence-electron chi connectivity index (χ0n) is 19.4. The lowest BCUT2D eigenvalue weighted by Crippen LogP contribution is -2.49. The van der Waals surface area contributed by atoms with E-state index in [1.165, 1.54) is 10.6 Å². The topological polar surface area (TPSA) is 70.2 Å². The normalized spacial score (nSPS) is 14.4. The fourth-order valence-electron chi connectivity index (χ4n) is 4.07. The smallest absolute Gasteiger partial charge is 0.232 e. The van der Waals surface area contributed by atoms with Crippen molar-refractivity contribution in [3.05, 3.63) is 53.6 Å². The van der Waals surface area contributed by atoms with E-state index in [0.717, 1.165) is 35.7 Å². The van der Waals surface area contributed by atoms with E-state index < -0.39 is 10.0 Å². The number of carbonyl (C=O) groups excluding carboxylic acids is 1. The Balaban J connectivity index is 1.56. The van der Waals surface area contributed by atoms with E-state index in [1.807, 2.05) is 61.2 Å². The minimum atomic E-state index is -3.43. The first-order chi connectivity index (χ1) is 15.2. The van der Waals surface area contributed by atoms with Gasteiger partial charge in [0.15, 0.2) is 0 Å². The Kier molecular flexibility index (Phi) is 7.66. The second-order valence-electron chi connectivity index (χ2n) is 8.27. The molecular weight excluding hydrogens is 426 g/mol. The summed E-state index contributed by atoms with van der Waals surface area (Å²) in [6, 6.07) is 13.7. The van der Waals surface area contributed by atoms with Gasteiger partial charge in [-0.1, -0.05) is 24.3 Å². The minimum Gasteiger partial charge on any atom is -0.495 e. The molecule has 174 valence electrons. The van der Waals surface area contributed by atoms with E-state index in [-0.39, 0.29) is 12.5 Å². The SMILES string of the molecule is COc1ccccc1N1CCN(C(=O)CCCN(c2cc(C)ccc2C)S(C)(=O)=O)CC1. The number of aryl methyl sites for hydroxylation is 2. The van der Waals surface area contributed by atoms with E-state index >= 15 is 0 Å². The zero-order chi connectivity index (χ0) is 23.3. The Morgan fingerprint density at radius 1 is 1.06 bits per heavy atom. The number of methoxy groups -OCH3 is 1. The number of piperazine rings is 1. The molecule has 2 aromatic rings. The molecule has 0 atom stereocenters. The van der Waals surface area contributed by atoms with Crippen LogP contribution in [0.25, 0.3) is 0 Å². The van der Waals surface area contributed by atoms with Crippen molar-refractivity contribution in [1.82, 2.24) is 4.90 Å². The lowest BCUT2D eigenvalue weighted by molar-refractivity contribution is -0.131. The van der Waals surface area contributed by atoms with Crippen molar-refractivity contribution in [2.75, 3.05) is 55.3 Å². The number of amides is 1. The lowest BCUT2D eigenvalue weighted by Gasteiger charge is -2.36. The molecule has 1 fully saturated rings. The number of anilines is 2. The molecular formula is C24H33N3O4S. The van der Waals surface area contributed by atoms with E-state index in [2.05, 4.69) is 4.90 Å². The van der Waals surface area contributed by atoms with Crippen molar-refractivity contribution in [3.63, 3.8) is 0 Å². The van der Waals surface area contributed by atoms with Crippen LogP contribution < -0.4 is 13.9 Å². The average molecular weight is 460 g/mol. The molecule has 1 saturated heterocycles. The monoisotopic (exact) mass is 459 g/mol. The maximum atomic E-state index is 12.8. The van der Waals surface area contributed by atoms with Crippen LogP contribution in [0.5, 0.6) is 5.75 Å². The van der Waals surface area contributed by atoms with E-state index in [0.29, 0.717) is 31.6 Å². The van der Waals surface area contributed by atoms with Crippen LogP contribution in [-0.2, 0) is 14.8 Å². The predicted molar refractivity (Wildman–Crippen MR) is 129 cm³/mol. The molecule has 1 aliphatic heterocycles. The van der Waals surface area contributed by atoms with Gasteiger partial charge in [-0.3, -0.25) is 9.10 Å². The Hall–Kier alpha value is -2.74. The van der Waals surface area contributed by atoms with Gasteiger partial charge in [0.25, 0.3) is 0 Å². The van der Waals surface area contributed by atoms with Crippen LogP contribution in [0.4, 0.5) is 11.4 Å². The van der Waals surface area contributed by atoms with Crippen LogP contribution in [0.3, 0.4) is 0 Å². The van der Waals surface area contributed by atoms with Gasteiger partial charge in [0.05, 0.1) is 24.7 Å². The van der Waals surface area contributed by atoms with Crippen LogP contribution in [0, 0.1) is 13.8 Å². The van der Waals surface area contributed by atoms with Crippen LogP contribution in [0.2, 0.25) is 0 Å². The highest BCUT2D eigenvalue weighted by atomic mass is 32.2. The minimum absolute atomic E-state index is 0.0686. The first-order valence-corrected chi connectivity index (χ1v) is 12.8. The average Bonchev–Trinajstić information content (AvgIpc) is 2.77. The molecule has 0 N–H and O–H groups in total. The third kappa shape index (κ3) is 5.73. The number of rotatable bonds is 8. The summed E-state index contributed by atoms with van der Waals surface area (Å²) in [5.74, 6) is 0.902. The van der Waals surface area contributed by atoms with Gasteiger partial charge in [-0.15, -0.1) is 0 Å². The van der Waals surface area contributed by atoms with Crippen LogP contribution >= 0.6 is 0 Å². The summed E-state index contributed by atoms with van der Waals surface area (Å²) >= 11 is 0. The maximum absolute atomic E-state index is 12.8. The lowest BCUT2D eigenvalue weighted by atomic mass is 10.1. The number of benzene rings is 2. The van der Waals surface area contributed by atoms with Gasteiger partial charge in [-0.25, -0.2) is 8.42 Å². The fourth-order valence-corrected chi connectivity index (χ4v) is 5.09. The molecule has 3 rings (SSSR count). The van der Waals surface area contributed by atoms with Gasteiger partial charge in [-0.2, -0.15) is 0 Å². The maximum Gasteiger partial charge on any atom is 0.232 e. The highest BCUT2D eigenvalue weighted by molar-refractivity contribution is 7.92. The Morgan fingerprint density at radius 2 is 1.75 bits per heavy atom. The van der Waals surface area contributed by atoms with Crippen molar-refractivity contribution < 1.29 is 17.9 Å². The zero-order valence-corrected chi connectivity index (χ0v) is 20.2. The molecule has 0 radical (unpaired) electrons. The van der Waals surface area contributed by atoms with Crippen molar-refractivity contribution in [1.29, 1.82) is 0 Å². The first kappa shape index (κ1) is 23.9. The van der Waals surface area contributed by atoms with Gasteiger partial charge < -0.3 is 14.5 Å². The molecule has 0 saturated carbocycles. The second-order valence-corrected chi connectivity index (χ2v) is 10.2. The number of hydrogen-bond acceptors (Lipinski definition) is 5. The summed E-state index contributed by atoms with van der Waals surface area (Å²) < 4.78 is 31.7. The standard InChI is InChI=1S/C24H33N3O4S/c1-19-11-12-20(2)22(18-19)27(32(4,29)30)13-7-10-24(28)26-16-14-25(15-17-26)21-8-5-6-9-23(21)31-3/h5-6,8-9,11-12,18H,7,10,13-17H2,1-4H3. The Bertz CT molecular complexity index is 1050. The van der Waals surface area contributed by atoms with E-state index in [4.69, 9.17) is 4.74 Å². The molecule has 0 aromatic heterocycles. The number of para-hydroxylation sites is 2. The molecule has 0 bridgehead atoms. The molecule has 1 aliphatic rings. The number of carbonyl (C=O) groups is 1. The van der Waals surface area contributed by atoms with Crippen molar-refractivity contribution >= 4 is 27.3 Å². The van der Waals surface area contributed by atoms with Crippen LogP contribution in [0.1, 0.15) is 24.0 Å². The van der Waals surface area contributed by atoms with Crippen molar-refractivity contribution in [2.24, 2.45) is 0 Å². The largest absolute Gasteiger partial charge is 0.495 e. The van der Waals surface area contributed by atoms with Crippen LogP contribution in [-0.4, -0.2) is 65.3 Å². The highest BCUT2D eigenvalue weighted by Crippen LogP contribution is 2.28. The summed E-state index contributed by atoms with van der Waals surface area (Å²) in [5, 5.41) is 0. The summed E-state index contributed by atoms with van der Waals surface area (Å²) in [6.45, 7) is 6.90. The summed E-state index contributed by atoms with van der Waals surface area (Å²) in [5.41, 5.74) is 3.63. The van der Waals surface area contributed by atoms with Gasteiger partial charge in [0, 0.05) is 39.1 Å². The summed E-state index contributed by atoms with van der Waals surface area (Å²) in [6.07, 6.45) is 2.02. The number of nitrogens with zero attached hydrogens (tertiary/aromatic N) is 3.